The summed E-state index contributed by atoms with van der Waals surface area (Å²) in [7, 11) is 0. The molecule has 6 heteroatoms. The van der Waals surface area contributed by atoms with Crippen LogP contribution < -0.4 is 16.0 Å². The predicted molar refractivity (Wildman–Crippen MR) is 104 cm³/mol. The summed E-state index contributed by atoms with van der Waals surface area (Å²) in [6, 6.07) is 5.91. The summed E-state index contributed by atoms with van der Waals surface area (Å²) < 4.78 is 5.64. The molecule has 0 spiro atoms. The lowest BCUT2D eigenvalue weighted by atomic mass is 10.3. The van der Waals surface area contributed by atoms with Crippen LogP contribution in [-0.4, -0.2) is 50.3 Å². The second-order valence-corrected chi connectivity index (χ2v) is 6.41. The Balaban J connectivity index is 1.48. The van der Waals surface area contributed by atoms with Crippen molar-refractivity contribution < 1.29 is 4.74 Å². The fraction of sp³-hybridized carbons (Fsp3) is 0.684. The number of pyridine rings is 1. The summed E-state index contributed by atoms with van der Waals surface area (Å²) >= 11 is 0. The molecule has 0 saturated heterocycles. The molecule has 6 nitrogen and oxygen atoms in total. The molecular weight excluding hydrogens is 314 g/mol. The summed E-state index contributed by atoms with van der Waals surface area (Å²) in [4.78, 5) is 8.85. The van der Waals surface area contributed by atoms with Crippen molar-refractivity contribution >= 4 is 11.8 Å². The zero-order valence-electron chi connectivity index (χ0n) is 15.5. The van der Waals surface area contributed by atoms with Gasteiger partial charge in [0.2, 0.25) is 0 Å². The van der Waals surface area contributed by atoms with Crippen LogP contribution in [0.25, 0.3) is 0 Å². The van der Waals surface area contributed by atoms with Crippen molar-refractivity contribution in [3.63, 3.8) is 0 Å². The van der Waals surface area contributed by atoms with E-state index in [4.69, 9.17) is 4.74 Å². The SMILES string of the molecule is CCNC(=NCCCOCC1CC1)NCCCCNc1ccccn1. The van der Waals surface area contributed by atoms with Gasteiger partial charge in [-0.05, 0) is 57.1 Å². The minimum absolute atomic E-state index is 0.807. The van der Waals surface area contributed by atoms with Gasteiger partial charge in [0.15, 0.2) is 5.96 Å². The number of rotatable bonds is 13. The molecule has 0 unspecified atom stereocenters. The van der Waals surface area contributed by atoms with Gasteiger partial charge in [-0.3, -0.25) is 4.99 Å². The number of aromatic nitrogens is 1. The number of unbranched alkanes of at least 4 members (excludes halogenated alkanes) is 1. The highest BCUT2D eigenvalue weighted by molar-refractivity contribution is 5.79. The third-order valence-electron chi connectivity index (χ3n) is 3.98. The van der Waals surface area contributed by atoms with E-state index in [0.29, 0.717) is 0 Å². The van der Waals surface area contributed by atoms with E-state index in [9.17, 15) is 0 Å². The Morgan fingerprint density at radius 1 is 1.20 bits per heavy atom. The minimum atomic E-state index is 0.807. The molecule has 25 heavy (non-hydrogen) atoms. The van der Waals surface area contributed by atoms with Gasteiger partial charge < -0.3 is 20.7 Å². The molecule has 3 N–H and O–H groups in total. The van der Waals surface area contributed by atoms with Crippen molar-refractivity contribution in [2.45, 2.75) is 39.0 Å². The summed E-state index contributed by atoms with van der Waals surface area (Å²) in [6.45, 7) is 7.39. The van der Waals surface area contributed by atoms with Crippen molar-refractivity contribution in [3.05, 3.63) is 24.4 Å². The van der Waals surface area contributed by atoms with Gasteiger partial charge in [0.25, 0.3) is 0 Å². The Kier molecular flexibility index (Phi) is 9.77. The number of anilines is 1. The standard InChI is InChI=1S/C19H33N5O/c1-2-20-19(24-14-7-15-25-16-17-9-10-17)23-13-6-5-12-22-18-8-3-4-11-21-18/h3-4,8,11,17H,2,5-7,9-10,12-16H2,1H3,(H,21,22)(H2,20,23,24). The summed E-state index contributed by atoms with van der Waals surface area (Å²) in [5.41, 5.74) is 0. The number of aliphatic imine (C=N–C) groups is 1. The Labute approximate surface area is 151 Å². The van der Waals surface area contributed by atoms with Gasteiger partial charge in [0.05, 0.1) is 0 Å². The average molecular weight is 348 g/mol. The highest BCUT2D eigenvalue weighted by atomic mass is 16.5. The maximum atomic E-state index is 5.64. The van der Waals surface area contributed by atoms with Gasteiger partial charge in [-0.1, -0.05) is 6.07 Å². The van der Waals surface area contributed by atoms with Crippen molar-refractivity contribution in [2.24, 2.45) is 10.9 Å². The Hall–Kier alpha value is -1.82. The van der Waals surface area contributed by atoms with Crippen LogP contribution in [0.4, 0.5) is 5.82 Å². The first-order valence-electron chi connectivity index (χ1n) is 9.63. The first-order chi connectivity index (χ1) is 12.4. The van der Waals surface area contributed by atoms with Crippen LogP contribution in [0, 0.1) is 5.92 Å². The number of hydrogen-bond donors (Lipinski definition) is 3. The number of hydrogen-bond acceptors (Lipinski definition) is 4. The van der Waals surface area contributed by atoms with Gasteiger partial charge in [-0.25, -0.2) is 4.98 Å². The monoisotopic (exact) mass is 347 g/mol. The molecule has 1 saturated carbocycles. The smallest absolute Gasteiger partial charge is 0.191 e. The second kappa shape index (κ2) is 12.5. The van der Waals surface area contributed by atoms with E-state index in [0.717, 1.165) is 76.4 Å². The first kappa shape index (κ1) is 19.5. The van der Waals surface area contributed by atoms with E-state index in [2.05, 4.69) is 32.9 Å². The van der Waals surface area contributed by atoms with Gasteiger partial charge >= 0.3 is 0 Å². The predicted octanol–water partition coefficient (Wildman–Crippen LogP) is 2.65. The van der Waals surface area contributed by atoms with Crippen molar-refractivity contribution in [2.75, 3.05) is 44.7 Å². The van der Waals surface area contributed by atoms with E-state index in [1.165, 1.54) is 12.8 Å². The number of ether oxygens (including phenoxy) is 1. The fourth-order valence-corrected chi connectivity index (χ4v) is 2.37. The normalized spacial score (nSPS) is 14.4. The van der Waals surface area contributed by atoms with Gasteiger partial charge in [0, 0.05) is 45.6 Å². The maximum Gasteiger partial charge on any atom is 0.191 e. The third kappa shape index (κ3) is 9.92. The number of nitrogens with one attached hydrogen (secondary N) is 3. The molecule has 0 atom stereocenters. The van der Waals surface area contributed by atoms with Gasteiger partial charge in [0.1, 0.15) is 5.82 Å². The van der Waals surface area contributed by atoms with Crippen LogP contribution in [0.5, 0.6) is 0 Å². The van der Waals surface area contributed by atoms with Gasteiger partial charge in [-0.2, -0.15) is 0 Å². The van der Waals surface area contributed by atoms with E-state index in [1.54, 1.807) is 6.20 Å². The molecule has 0 amide bonds. The lowest BCUT2D eigenvalue weighted by molar-refractivity contribution is 0.123. The van der Waals surface area contributed by atoms with E-state index in [-0.39, 0.29) is 0 Å². The zero-order valence-corrected chi connectivity index (χ0v) is 15.5. The van der Waals surface area contributed by atoms with E-state index < -0.39 is 0 Å². The molecule has 140 valence electrons. The van der Waals surface area contributed by atoms with Crippen LogP contribution >= 0.6 is 0 Å². The molecule has 2 rings (SSSR count). The first-order valence-corrected chi connectivity index (χ1v) is 9.63. The number of guanidine groups is 1. The molecular formula is C19H33N5O. The third-order valence-corrected chi connectivity index (χ3v) is 3.98. The summed E-state index contributed by atoms with van der Waals surface area (Å²) in [5, 5.41) is 10.0. The van der Waals surface area contributed by atoms with Crippen LogP contribution in [0.15, 0.2) is 29.4 Å². The molecule has 1 fully saturated rings. The quantitative estimate of drug-likeness (QED) is 0.291. The molecule has 0 radical (unpaired) electrons. The summed E-state index contributed by atoms with van der Waals surface area (Å²) in [5.74, 6) is 2.69. The largest absolute Gasteiger partial charge is 0.381 e. The van der Waals surface area contributed by atoms with Crippen LogP contribution in [-0.2, 0) is 4.74 Å². The maximum absolute atomic E-state index is 5.64. The molecule has 1 heterocycles. The molecule has 1 aliphatic carbocycles. The summed E-state index contributed by atoms with van der Waals surface area (Å²) in [6.07, 6.45) is 7.68. The lowest BCUT2D eigenvalue weighted by Gasteiger charge is -2.11. The van der Waals surface area contributed by atoms with Crippen LogP contribution in [0.3, 0.4) is 0 Å². The highest BCUT2D eigenvalue weighted by Crippen LogP contribution is 2.28. The average Bonchev–Trinajstić information content (AvgIpc) is 3.46. The molecule has 1 aliphatic rings. The van der Waals surface area contributed by atoms with Crippen LogP contribution in [0.1, 0.15) is 39.0 Å². The van der Waals surface area contributed by atoms with Crippen molar-refractivity contribution in [3.8, 4) is 0 Å². The lowest BCUT2D eigenvalue weighted by Crippen LogP contribution is -2.38. The minimum Gasteiger partial charge on any atom is -0.381 e. The highest BCUT2D eigenvalue weighted by Gasteiger charge is 2.20. The fourth-order valence-electron chi connectivity index (χ4n) is 2.37. The van der Waals surface area contributed by atoms with Crippen LogP contribution in [0.2, 0.25) is 0 Å². The second-order valence-electron chi connectivity index (χ2n) is 6.41. The Morgan fingerprint density at radius 2 is 2.08 bits per heavy atom. The van der Waals surface area contributed by atoms with Crippen molar-refractivity contribution in [1.82, 2.24) is 15.6 Å². The molecule has 0 bridgehead atoms. The van der Waals surface area contributed by atoms with E-state index >= 15 is 0 Å². The zero-order chi connectivity index (χ0) is 17.6. The Bertz CT molecular complexity index is 476. The number of nitrogens with zero attached hydrogens (tertiary/aromatic N) is 2. The van der Waals surface area contributed by atoms with Gasteiger partial charge in [-0.15, -0.1) is 0 Å². The molecule has 0 aliphatic heterocycles. The molecule has 1 aromatic rings. The molecule has 1 aromatic heterocycles. The Morgan fingerprint density at radius 3 is 2.84 bits per heavy atom. The molecule has 0 aromatic carbocycles. The van der Waals surface area contributed by atoms with Crippen molar-refractivity contribution in [1.29, 1.82) is 0 Å². The topological polar surface area (TPSA) is 70.6 Å². The van der Waals surface area contributed by atoms with E-state index in [1.807, 2.05) is 18.2 Å².